The van der Waals surface area contributed by atoms with Gasteiger partial charge < -0.3 is 20.1 Å². The molecule has 0 bridgehead atoms. The van der Waals surface area contributed by atoms with Crippen LogP contribution < -0.4 is 15.4 Å². The maximum absolute atomic E-state index is 15.2. The predicted octanol–water partition coefficient (Wildman–Crippen LogP) is 7.41. The van der Waals surface area contributed by atoms with Crippen LogP contribution in [0.5, 0.6) is 5.75 Å². The van der Waals surface area contributed by atoms with Gasteiger partial charge in [-0.25, -0.2) is 9.37 Å². The summed E-state index contributed by atoms with van der Waals surface area (Å²) >= 11 is 12.5. The molecule has 0 spiro atoms. The molecule has 43 heavy (non-hydrogen) atoms. The van der Waals surface area contributed by atoms with E-state index in [4.69, 9.17) is 43.8 Å². The Bertz CT molecular complexity index is 1410. The number of nitrogen functional groups attached to an aromatic ring is 1. The van der Waals surface area contributed by atoms with E-state index < -0.39 is 11.9 Å². The largest absolute Gasteiger partial charge is 0.486 e. The van der Waals surface area contributed by atoms with E-state index in [1.807, 2.05) is 39.5 Å². The molecule has 0 aliphatic carbocycles. The van der Waals surface area contributed by atoms with Crippen LogP contribution in [0.4, 0.5) is 15.9 Å². The van der Waals surface area contributed by atoms with Gasteiger partial charge in [-0.05, 0) is 45.0 Å². The van der Waals surface area contributed by atoms with Crippen molar-refractivity contribution in [1.29, 1.82) is 5.41 Å². The summed E-state index contributed by atoms with van der Waals surface area (Å²) in [6, 6.07) is 6.32. The van der Waals surface area contributed by atoms with Gasteiger partial charge in [-0.2, -0.15) is 0 Å². The third-order valence-electron chi connectivity index (χ3n) is 7.68. The number of hydrogen-bond acceptors (Lipinski definition) is 8. The Balaban J connectivity index is 0.00000121. The molecule has 0 saturated carbocycles. The Labute approximate surface area is 264 Å². The minimum absolute atomic E-state index is 0.0383. The summed E-state index contributed by atoms with van der Waals surface area (Å²) in [5.74, 6) is 0.260. The normalized spacial score (nSPS) is 17.2. The molecule has 11 heteroatoms. The van der Waals surface area contributed by atoms with Crippen LogP contribution in [-0.2, 0) is 4.74 Å². The lowest BCUT2D eigenvalue weighted by Gasteiger charge is -2.61. The number of rotatable bonds is 8. The smallest absolute Gasteiger partial charge is 0.166 e. The zero-order valence-electron chi connectivity index (χ0n) is 26.3. The molecular formula is C32H43Cl2FN6O2. The molecule has 234 valence electrons. The van der Waals surface area contributed by atoms with E-state index in [1.165, 1.54) is 24.7 Å². The predicted molar refractivity (Wildman–Crippen MR) is 175 cm³/mol. The molecule has 2 aliphatic rings. The van der Waals surface area contributed by atoms with E-state index in [1.54, 1.807) is 25.3 Å². The van der Waals surface area contributed by atoms with E-state index in [2.05, 4.69) is 28.7 Å². The molecule has 2 aliphatic heterocycles. The number of pyridine rings is 2. The fraction of sp³-hybridized carbons (Fsp3) is 0.469. The van der Waals surface area contributed by atoms with Gasteiger partial charge in [0.05, 0.1) is 26.9 Å². The van der Waals surface area contributed by atoms with Gasteiger partial charge in [0.2, 0.25) is 0 Å². The van der Waals surface area contributed by atoms with E-state index >= 15 is 4.39 Å². The highest BCUT2D eigenvalue weighted by atomic mass is 35.5. The molecule has 3 aromatic rings. The van der Waals surface area contributed by atoms with Gasteiger partial charge in [-0.1, -0.05) is 50.9 Å². The first-order chi connectivity index (χ1) is 20.4. The molecule has 2 fully saturated rings. The molecule has 1 atom stereocenters. The lowest BCUT2D eigenvalue weighted by atomic mass is 9.82. The number of hydrogen-bond donors (Lipinski definition) is 2. The van der Waals surface area contributed by atoms with Crippen LogP contribution in [0.25, 0.3) is 0 Å². The minimum atomic E-state index is -0.487. The molecule has 0 unspecified atom stereocenters. The van der Waals surface area contributed by atoms with Crippen LogP contribution in [0.1, 0.15) is 71.3 Å². The Hall–Kier alpha value is -2.98. The number of anilines is 2. The summed E-state index contributed by atoms with van der Waals surface area (Å²) in [6.07, 6.45) is 4.02. The molecule has 8 nitrogen and oxygen atoms in total. The van der Waals surface area contributed by atoms with Crippen molar-refractivity contribution >= 4 is 40.4 Å². The third-order valence-corrected chi connectivity index (χ3v) is 8.29. The van der Waals surface area contributed by atoms with E-state index in [0.717, 1.165) is 13.1 Å². The van der Waals surface area contributed by atoms with Gasteiger partial charge >= 0.3 is 0 Å². The van der Waals surface area contributed by atoms with Crippen molar-refractivity contribution in [1.82, 2.24) is 14.9 Å². The van der Waals surface area contributed by atoms with E-state index in [0.29, 0.717) is 51.3 Å². The summed E-state index contributed by atoms with van der Waals surface area (Å²) in [6.45, 7) is 17.1. The summed E-state index contributed by atoms with van der Waals surface area (Å²) in [5.41, 5.74) is 7.74. The second kappa shape index (κ2) is 14.2. The molecule has 4 heterocycles. The molecule has 2 saturated heterocycles. The average molecular weight is 634 g/mol. The number of ether oxygens (including phenoxy) is 2. The van der Waals surface area contributed by atoms with Gasteiger partial charge in [0.25, 0.3) is 0 Å². The van der Waals surface area contributed by atoms with Gasteiger partial charge in [-0.3, -0.25) is 15.3 Å². The average Bonchev–Trinajstić information content (AvgIpc) is 2.96. The van der Waals surface area contributed by atoms with Gasteiger partial charge in [-0.15, -0.1) is 0 Å². The molecule has 5 rings (SSSR count). The Morgan fingerprint density at radius 1 is 1.02 bits per heavy atom. The summed E-state index contributed by atoms with van der Waals surface area (Å²) in [7, 11) is 1.73. The fourth-order valence-corrected chi connectivity index (χ4v) is 5.92. The van der Waals surface area contributed by atoms with Crippen molar-refractivity contribution in [2.75, 3.05) is 43.9 Å². The first-order valence-electron chi connectivity index (χ1n) is 14.6. The van der Waals surface area contributed by atoms with Crippen LogP contribution in [0.3, 0.4) is 0 Å². The van der Waals surface area contributed by atoms with E-state index in [9.17, 15) is 0 Å². The van der Waals surface area contributed by atoms with Crippen molar-refractivity contribution in [3.8, 4) is 5.75 Å². The minimum Gasteiger partial charge on any atom is -0.486 e. The number of likely N-dealkylation sites (tertiary alicyclic amines) is 1. The second-order valence-electron chi connectivity index (χ2n) is 10.8. The second-order valence-corrected chi connectivity index (χ2v) is 11.6. The van der Waals surface area contributed by atoms with Gasteiger partial charge in [0.15, 0.2) is 11.6 Å². The first kappa shape index (κ1) is 34.5. The zero-order valence-corrected chi connectivity index (χ0v) is 27.8. The summed E-state index contributed by atoms with van der Waals surface area (Å²) in [4.78, 5) is 12.6. The zero-order chi connectivity index (χ0) is 32.1. The Morgan fingerprint density at radius 3 is 2.19 bits per heavy atom. The number of nitrogens with two attached hydrogens (primary N) is 1. The molecule has 2 aromatic heterocycles. The van der Waals surface area contributed by atoms with E-state index in [-0.39, 0.29) is 22.7 Å². The number of benzene rings is 1. The van der Waals surface area contributed by atoms with Crippen molar-refractivity contribution in [3.63, 3.8) is 0 Å². The molecule has 0 radical (unpaired) electrons. The monoisotopic (exact) mass is 632 g/mol. The maximum atomic E-state index is 15.2. The lowest BCUT2D eigenvalue weighted by Crippen LogP contribution is -2.77. The number of halogens is 3. The van der Waals surface area contributed by atoms with Crippen LogP contribution >= 0.6 is 23.2 Å². The summed E-state index contributed by atoms with van der Waals surface area (Å²) in [5, 5.41) is 9.52. The van der Waals surface area contributed by atoms with Crippen LogP contribution in [0.2, 0.25) is 10.0 Å². The number of nitrogens with one attached hydrogen (secondary N) is 1. The van der Waals surface area contributed by atoms with Gasteiger partial charge in [0.1, 0.15) is 11.9 Å². The Morgan fingerprint density at radius 2 is 1.63 bits per heavy atom. The van der Waals surface area contributed by atoms with Crippen LogP contribution in [0.15, 0.2) is 42.9 Å². The molecule has 0 amide bonds. The van der Waals surface area contributed by atoms with Crippen molar-refractivity contribution in [2.45, 2.75) is 65.7 Å². The highest BCUT2D eigenvalue weighted by Crippen LogP contribution is 2.39. The standard InChI is InChI=1S/C28H31Cl2FN6O2.2C2H6/c1-16(24-20(29)10-34-11-21(24)30)39-18-5-6-23(32)19(8-18)25(33)17-7-22(31)26(35-9-17)36-12-27(2,13-36)37-14-28(3,15-37)38-4;2*1-2/h5-11,16,33H,12-15,32H2,1-4H3;2*1-2H3/t16-;;/m1../s1. The van der Waals surface area contributed by atoms with Crippen molar-refractivity contribution < 1.29 is 13.9 Å². The van der Waals surface area contributed by atoms with Crippen molar-refractivity contribution in [3.05, 3.63) is 75.4 Å². The fourth-order valence-electron chi connectivity index (χ4n) is 5.25. The SMILES string of the molecule is CC.CC.COC1(C)CN(C2(C)CN(c3ncc(C(=N)c4cc(O[C@H](C)c5c(Cl)cncc5Cl)ccc4N)cc3F)C2)C1. The number of methoxy groups -OCH3 is 1. The number of nitrogens with zero attached hydrogens (tertiary/aromatic N) is 4. The molecular weight excluding hydrogens is 590 g/mol. The number of aromatic nitrogens is 2. The molecule has 1 aromatic carbocycles. The summed E-state index contributed by atoms with van der Waals surface area (Å²) < 4.78 is 26.8. The van der Waals surface area contributed by atoms with Crippen molar-refractivity contribution in [2.24, 2.45) is 0 Å². The topological polar surface area (TPSA) is 101 Å². The van der Waals surface area contributed by atoms with Gasteiger partial charge in [0, 0.05) is 74.3 Å². The lowest BCUT2D eigenvalue weighted by molar-refractivity contribution is -0.152. The molecule has 3 N–H and O–H groups in total. The first-order valence-corrected chi connectivity index (χ1v) is 15.3. The third kappa shape index (κ3) is 7.23. The van der Waals surface area contributed by atoms with Crippen LogP contribution in [0, 0.1) is 11.2 Å². The Kier molecular flexibility index (Phi) is 11.4. The highest BCUT2D eigenvalue weighted by Gasteiger charge is 2.53. The van der Waals surface area contributed by atoms with Crippen LogP contribution in [-0.4, -0.2) is 65.0 Å². The highest BCUT2D eigenvalue weighted by molar-refractivity contribution is 6.35. The maximum Gasteiger partial charge on any atom is 0.166 e. The quantitative estimate of drug-likeness (QED) is 0.197.